The number of nitro groups is 1. The minimum absolute atomic E-state index is 0.0558. The first-order valence-electron chi connectivity index (χ1n) is 6.81. The quantitative estimate of drug-likeness (QED) is 0.597. The monoisotopic (exact) mass is 313 g/mol. The molecule has 0 aliphatic carbocycles. The van der Waals surface area contributed by atoms with Gasteiger partial charge in [-0.15, -0.1) is 0 Å². The first-order chi connectivity index (χ1) is 9.90. The fourth-order valence-electron chi connectivity index (χ4n) is 2.13. The van der Waals surface area contributed by atoms with Crippen LogP contribution in [0.3, 0.4) is 0 Å². The lowest BCUT2D eigenvalue weighted by molar-refractivity contribution is -0.384. The summed E-state index contributed by atoms with van der Waals surface area (Å²) < 4.78 is 0. The van der Waals surface area contributed by atoms with Gasteiger partial charge < -0.3 is 11.1 Å². The van der Waals surface area contributed by atoms with Crippen LogP contribution >= 0.6 is 11.6 Å². The Morgan fingerprint density at radius 3 is 2.52 bits per heavy atom. The van der Waals surface area contributed by atoms with E-state index in [1.807, 2.05) is 13.8 Å². The topological polar surface area (TPSA) is 98.3 Å². The van der Waals surface area contributed by atoms with E-state index in [0.717, 1.165) is 0 Å². The third-order valence-electron chi connectivity index (χ3n) is 3.91. The molecule has 0 aliphatic heterocycles. The van der Waals surface area contributed by atoms with Gasteiger partial charge in [-0.1, -0.05) is 25.4 Å². The molecule has 0 aliphatic rings. The average Bonchev–Trinajstić information content (AvgIpc) is 2.48. The molecule has 1 aromatic carbocycles. The number of rotatable bonds is 7. The van der Waals surface area contributed by atoms with E-state index in [-0.39, 0.29) is 24.7 Å². The molecule has 0 saturated carbocycles. The van der Waals surface area contributed by atoms with Crippen LogP contribution in [0.5, 0.6) is 0 Å². The predicted molar refractivity (Wildman–Crippen MR) is 82.0 cm³/mol. The highest BCUT2D eigenvalue weighted by molar-refractivity contribution is 6.31. The van der Waals surface area contributed by atoms with Gasteiger partial charge in [-0.3, -0.25) is 14.9 Å². The van der Waals surface area contributed by atoms with E-state index in [1.165, 1.54) is 18.2 Å². The normalized spacial score (nSPS) is 11.2. The van der Waals surface area contributed by atoms with E-state index < -0.39 is 10.3 Å². The van der Waals surface area contributed by atoms with Crippen LogP contribution < -0.4 is 11.1 Å². The minimum atomic E-state index is -0.604. The number of halogens is 1. The van der Waals surface area contributed by atoms with Gasteiger partial charge in [0.25, 0.3) is 5.69 Å². The van der Waals surface area contributed by atoms with Crippen molar-refractivity contribution in [3.63, 3.8) is 0 Å². The van der Waals surface area contributed by atoms with Gasteiger partial charge in [-0.05, 0) is 24.5 Å². The molecular formula is C14H20ClN3O3. The fourth-order valence-corrected chi connectivity index (χ4v) is 2.31. The zero-order valence-electron chi connectivity index (χ0n) is 12.2. The smallest absolute Gasteiger partial charge is 0.269 e. The van der Waals surface area contributed by atoms with Crippen molar-refractivity contribution in [3.05, 3.63) is 38.9 Å². The zero-order chi connectivity index (χ0) is 16.0. The molecule has 6 nitrogen and oxygen atoms in total. The Balaban J connectivity index is 2.86. The summed E-state index contributed by atoms with van der Waals surface area (Å²) in [6.45, 7) is 4.22. The molecule has 0 heterocycles. The van der Waals surface area contributed by atoms with Crippen molar-refractivity contribution in [2.75, 3.05) is 6.54 Å². The molecule has 0 radical (unpaired) electrons. The first-order valence-corrected chi connectivity index (χ1v) is 7.19. The minimum Gasteiger partial charge on any atom is -0.351 e. The van der Waals surface area contributed by atoms with Gasteiger partial charge in [0.1, 0.15) is 0 Å². The van der Waals surface area contributed by atoms with Crippen molar-refractivity contribution in [1.29, 1.82) is 0 Å². The number of hydrogen-bond donors (Lipinski definition) is 2. The summed E-state index contributed by atoms with van der Waals surface area (Å²) >= 11 is 6.00. The highest BCUT2D eigenvalue weighted by atomic mass is 35.5. The Kier molecular flexibility index (Phi) is 6.11. The third-order valence-corrected chi connectivity index (χ3v) is 4.27. The Morgan fingerprint density at radius 1 is 1.43 bits per heavy atom. The van der Waals surface area contributed by atoms with E-state index in [2.05, 4.69) is 5.32 Å². The van der Waals surface area contributed by atoms with E-state index in [0.29, 0.717) is 23.4 Å². The molecule has 0 spiro atoms. The molecular weight excluding hydrogens is 294 g/mol. The molecule has 3 N–H and O–H groups in total. The van der Waals surface area contributed by atoms with Crippen molar-refractivity contribution < 1.29 is 9.72 Å². The maximum Gasteiger partial charge on any atom is 0.269 e. The summed E-state index contributed by atoms with van der Waals surface area (Å²) in [7, 11) is 0. The molecule has 0 bridgehead atoms. The lowest BCUT2D eigenvalue weighted by atomic mass is 9.81. The van der Waals surface area contributed by atoms with E-state index >= 15 is 0 Å². The standard InChI is InChI=1S/C14H20ClN3O3/c1-3-14(4-2,9-16)13(19)17-8-10-7-11(18(20)21)5-6-12(10)15/h5-7H,3-4,8-9,16H2,1-2H3,(H,17,19). The Bertz CT molecular complexity index is 522. The molecule has 0 fully saturated rings. The number of nitrogens with two attached hydrogens (primary N) is 1. The van der Waals surface area contributed by atoms with Crippen LogP contribution in [0.15, 0.2) is 18.2 Å². The summed E-state index contributed by atoms with van der Waals surface area (Å²) in [5, 5.41) is 13.9. The summed E-state index contributed by atoms with van der Waals surface area (Å²) in [6.07, 6.45) is 1.27. The second-order valence-electron chi connectivity index (χ2n) is 4.91. The number of nitrogens with zero attached hydrogens (tertiary/aromatic N) is 1. The number of non-ortho nitro benzene ring substituents is 1. The van der Waals surface area contributed by atoms with Crippen molar-refractivity contribution >= 4 is 23.2 Å². The molecule has 7 heteroatoms. The lowest BCUT2D eigenvalue weighted by Gasteiger charge is -2.28. The Hall–Kier alpha value is -1.66. The molecule has 116 valence electrons. The molecule has 0 atom stereocenters. The molecule has 0 aromatic heterocycles. The molecule has 1 rings (SSSR count). The predicted octanol–water partition coefficient (Wildman–Crippen LogP) is 2.63. The van der Waals surface area contributed by atoms with E-state index in [4.69, 9.17) is 17.3 Å². The van der Waals surface area contributed by atoms with Gasteiger partial charge in [-0.2, -0.15) is 0 Å². The summed E-state index contributed by atoms with van der Waals surface area (Å²) in [6, 6.07) is 4.15. The van der Waals surface area contributed by atoms with Crippen molar-refractivity contribution in [2.45, 2.75) is 33.2 Å². The van der Waals surface area contributed by atoms with E-state index in [1.54, 1.807) is 0 Å². The molecule has 0 saturated heterocycles. The van der Waals surface area contributed by atoms with Crippen LogP contribution in [-0.4, -0.2) is 17.4 Å². The number of carbonyl (C=O) groups excluding carboxylic acids is 1. The van der Waals surface area contributed by atoms with Crippen molar-refractivity contribution in [3.8, 4) is 0 Å². The number of nitro benzene ring substituents is 1. The SMILES string of the molecule is CCC(CC)(CN)C(=O)NCc1cc([N+](=O)[O-])ccc1Cl. The highest BCUT2D eigenvalue weighted by Gasteiger charge is 2.33. The first kappa shape index (κ1) is 17.4. The Morgan fingerprint density at radius 2 is 2.05 bits per heavy atom. The lowest BCUT2D eigenvalue weighted by Crippen LogP contribution is -2.45. The van der Waals surface area contributed by atoms with Crippen LogP contribution in [0.25, 0.3) is 0 Å². The molecule has 1 amide bonds. The number of amides is 1. The van der Waals surface area contributed by atoms with Gasteiger partial charge in [0.2, 0.25) is 5.91 Å². The summed E-state index contributed by atoms with van der Waals surface area (Å²) in [4.78, 5) is 22.6. The maximum atomic E-state index is 12.3. The number of nitrogens with one attached hydrogen (secondary N) is 1. The maximum absolute atomic E-state index is 12.3. The van der Waals surface area contributed by atoms with Crippen LogP contribution in [0.1, 0.15) is 32.3 Å². The molecule has 0 unspecified atom stereocenters. The summed E-state index contributed by atoms with van der Waals surface area (Å²) in [5.74, 6) is -0.155. The van der Waals surface area contributed by atoms with Crippen molar-refractivity contribution in [2.24, 2.45) is 11.1 Å². The van der Waals surface area contributed by atoms with E-state index in [9.17, 15) is 14.9 Å². The van der Waals surface area contributed by atoms with Crippen LogP contribution in [0, 0.1) is 15.5 Å². The number of carbonyl (C=O) groups is 1. The van der Waals surface area contributed by atoms with Gasteiger partial charge in [0.05, 0.1) is 10.3 Å². The zero-order valence-corrected chi connectivity index (χ0v) is 12.9. The van der Waals surface area contributed by atoms with Crippen LogP contribution in [0.4, 0.5) is 5.69 Å². The van der Waals surface area contributed by atoms with Gasteiger partial charge in [-0.25, -0.2) is 0 Å². The number of benzene rings is 1. The number of hydrogen-bond acceptors (Lipinski definition) is 4. The second kappa shape index (κ2) is 7.38. The fraction of sp³-hybridized carbons (Fsp3) is 0.500. The van der Waals surface area contributed by atoms with Crippen LogP contribution in [0.2, 0.25) is 5.02 Å². The third kappa shape index (κ3) is 3.92. The van der Waals surface area contributed by atoms with Crippen LogP contribution in [-0.2, 0) is 11.3 Å². The Labute approximate surface area is 128 Å². The average molecular weight is 314 g/mol. The molecule has 21 heavy (non-hydrogen) atoms. The largest absolute Gasteiger partial charge is 0.351 e. The molecule has 1 aromatic rings. The summed E-state index contributed by atoms with van der Waals surface area (Å²) in [5.41, 5.74) is 5.57. The van der Waals surface area contributed by atoms with Crippen molar-refractivity contribution in [1.82, 2.24) is 5.32 Å². The highest BCUT2D eigenvalue weighted by Crippen LogP contribution is 2.26. The second-order valence-corrected chi connectivity index (χ2v) is 5.31. The van der Waals surface area contributed by atoms with Gasteiger partial charge >= 0.3 is 0 Å². The van der Waals surface area contributed by atoms with Gasteiger partial charge in [0.15, 0.2) is 0 Å². The van der Waals surface area contributed by atoms with Gasteiger partial charge in [0, 0.05) is 30.2 Å².